The predicted octanol–water partition coefficient (Wildman–Crippen LogP) is 4.95. The van der Waals surface area contributed by atoms with Crippen LogP contribution in [0.4, 0.5) is 4.79 Å². The molecule has 2 heterocycles. The van der Waals surface area contributed by atoms with Gasteiger partial charge in [0.05, 0.1) is 6.54 Å². The summed E-state index contributed by atoms with van der Waals surface area (Å²) in [6.07, 6.45) is 1.75. The van der Waals surface area contributed by atoms with E-state index in [2.05, 4.69) is 25.8 Å². The minimum absolute atomic E-state index is 0.251. The molecular weight excluding hydrogens is 430 g/mol. The highest BCUT2D eigenvalue weighted by Crippen LogP contribution is 2.25. The number of hydrogen-bond acceptors (Lipinski definition) is 2. The normalized spacial score (nSPS) is 15.3. The Labute approximate surface area is 177 Å². The number of urea groups is 1. The zero-order chi connectivity index (χ0) is 20.5. The lowest BCUT2D eigenvalue weighted by atomic mass is 10.2. The number of aryl methyl sites for hydroxylation is 1. The van der Waals surface area contributed by atoms with Gasteiger partial charge in [0, 0.05) is 21.5 Å². The molecule has 3 amide bonds. The highest BCUT2D eigenvalue weighted by Gasteiger charge is 2.33. The molecule has 4 rings (SSSR count). The SMILES string of the molecule is Cc1cc(/C=C2\NC(=O)N(Cc3ccccc3)C2=O)c(C)n1-c1ccc(Br)cc1. The fourth-order valence-corrected chi connectivity index (χ4v) is 3.82. The first-order valence-electron chi connectivity index (χ1n) is 9.27. The van der Waals surface area contributed by atoms with Crippen LogP contribution in [0.5, 0.6) is 0 Å². The van der Waals surface area contributed by atoms with Crippen LogP contribution in [0.25, 0.3) is 11.8 Å². The number of carbonyl (C=O) groups excluding carboxylic acids is 2. The van der Waals surface area contributed by atoms with E-state index in [-0.39, 0.29) is 12.5 Å². The Morgan fingerprint density at radius 1 is 1.00 bits per heavy atom. The number of carbonyl (C=O) groups is 2. The van der Waals surface area contributed by atoms with Crippen molar-refractivity contribution < 1.29 is 9.59 Å². The summed E-state index contributed by atoms with van der Waals surface area (Å²) in [5.74, 6) is -0.313. The molecule has 0 unspecified atom stereocenters. The maximum Gasteiger partial charge on any atom is 0.329 e. The number of halogens is 1. The van der Waals surface area contributed by atoms with Gasteiger partial charge in [-0.15, -0.1) is 0 Å². The van der Waals surface area contributed by atoms with Crippen LogP contribution in [-0.2, 0) is 11.3 Å². The van der Waals surface area contributed by atoms with Crippen LogP contribution in [0, 0.1) is 13.8 Å². The van der Waals surface area contributed by atoms with Crippen molar-refractivity contribution in [2.24, 2.45) is 0 Å². The fourth-order valence-electron chi connectivity index (χ4n) is 3.56. The maximum absolute atomic E-state index is 12.8. The lowest BCUT2D eigenvalue weighted by molar-refractivity contribution is -0.123. The van der Waals surface area contributed by atoms with Gasteiger partial charge in [0.15, 0.2) is 0 Å². The predicted molar refractivity (Wildman–Crippen MR) is 116 cm³/mol. The second kappa shape index (κ2) is 7.72. The van der Waals surface area contributed by atoms with Gasteiger partial charge in [0.2, 0.25) is 0 Å². The zero-order valence-corrected chi connectivity index (χ0v) is 17.7. The molecule has 0 bridgehead atoms. The summed E-state index contributed by atoms with van der Waals surface area (Å²) in [5, 5.41) is 2.71. The smallest absolute Gasteiger partial charge is 0.318 e. The number of hydrogen-bond donors (Lipinski definition) is 1. The number of imide groups is 1. The van der Waals surface area contributed by atoms with Gasteiger partial charge in [0.25, 0.3) is 5.91 Å². The molecule has 1 saturated heterocycles. The Hall–Kier alpha value is -3.12. The number of benzene rings is 2. The first-order chi connectivity index (χ1) is 13.9. The summed E-state index contributed by atoms with van der Waals surface area (Å²) in [7, 11) is 0. The van der Waals surface area contributed by atoms with Gasteiger partial charge >= 0.3 is 6.03 Å². The van der Waals surface area contributed by atoms with Gasteiger partial charge in [-0.3, -0.25) is 9.69 Å². The molecule has 2 aromatic carbocycles. The number of nitrogens with one attached hydrogen (secondary N) is 1. The van der Waals surface area contributed by atoms with Crippen molar-refractivity contribution in [1.82, 2.24) is 14.8 Å². The van der Waals surface area contributed by atoms with Crippen LogP contribution in [0.3, 0.4) is 0 Å². The molecule has 5 nitrogen and oxygen atoms in total. The molecule has 6 heteroatoms. The molecule has 0 spiro atoms. The highest BCUT2D eigenvalue weighted by molar-refractivity contribution is 9.10. The van der Waals surface area contributed by atoms with Crippen LogP contribution in [-0.4, -0.2) is 21.4 Å². The first-order valence-corrected chi connectivity index (χ1v) is 10.1. The van der Waals surface area contributed by atoms with E-state index in [0.29, 0.717) is 5.70 Å². The van der Waals surface area contributed by atoms with Crippen molar-refractivity contribution >= 4 is 33.9 Å². The largest absolute Gasteiger partial charge is 0.329 e. The topological polar surface area (TPSA) is 54.3 Å². The lowest BCUT2D eigenvalue weighted by Gasteiger charge is -2.11. The van der Waals surface area contributed by atoms with E-state index in [1.165, 1.54) is 4.90 Å². The summed E-state index contributed by atoms with van der Waals surface area (Å²) >= 11 is 3.46. The summed E-state index contributed by atoms with van der Waals surface area (Å²) < 4.78 is 3.14. The van der Waals surface area contributed by atoms with E-state index < -0.39 is 6.03 Å². The Balaban J connectivity index is 1.63. The Morgan fingerprint density at radius 3 is 2.38 bits per heavy atom. The van der Waals surface area contributed by atoms with Crippen molar-refractivity contribution in [3.8, 4) is 5.69 Å². The molecule has 146 valence electrons. The quantitative estimate of drug-likeness (QED) is 0.452. The Morgan fingerprint density at radius 2 is 1.69 bits per heavy atom. The van der Waals surface area contributed by atoms with Crippen LogP contribution < -0.4 is 5.32 Å². The van der Waals surface area contributed by atoms with E-state index in [4.69, 9.17) is 0 Å². The van der Waals surface area contributed by atoms with E-state index >= 15 is 0 Å². The Bertz CT molecular complexity index is 1120. The van der Waals surface area contributed by atoms with E-state index in [0.717, 1.165) is 32.7 Å². The van der Waals surface area contributed by atoms with Gasteiger partial charge in [-0.25, -0.2) is 4.79 Å². The minimum Gasteiger partial charge on any atom is -0.318 e. The van der Waals surface area contributed by atoms with Crippen molar-refractivity contribution in [2.75, 3.05) is 0 Å². The van der Waals surface area contributed by atoms with Crippen LogP contribution >= 0.6 is 15.9 Å². The van der Waals surface area contributed by atoms with Crippen molar-refractivity contribution in [1.29, 1.82) is 0 Å². The van der Waals surface area contributed by atoms with E-state index in [1.54, 1.807) is 6.08 Å². The summed E-state index contributed by atoms with van der Waals surface area (Å²) in [6.45, 7) is 4.28. The minimum atomic E-state index is -0.396. The summed E-state index contributed by atoms with van der Waals surface area (Å²) in [4.78, 5) is 26.4. The molecule has 1 N–H and O–H groups in total. The molecule has 1 aliphatic rings. The molecule has 3 aromatic rings. The lowest BCUT2D eigenvalue weighted by Crippen LogP contribution is -2.30. The second-order valence-electron chi connectivity index (χ2n) is 7.00. The molecule has 0 atom stereocenters. The average Bonchev–Trinajstić information content (AvgIpc) is 3.13. The molecular formula is C23H20BrN3O2. The van der Waals surface area contributed by atoms with Gasteiger partial charge in [-0.1, -0.05) is 46.3 Å². The number of rotatable bonds is 4. The Kier molecular flexibility index (Phi) is 5.11. The third kappa shape index (κ3) is 3.76. The third-order valence-electron chi connectivity index (χ3n) is 5.00. The van der Waals surface area contributed by atoms with Gasteiger partial charge in [-0.2, -0.15) is 0 Å². The van der Waals surface area contributed by atoms with Crippen LogP contribution in [0.1, 0.15) is 22.5 Å². The van der Waals surface area contributed by atoms with Crippen molar-refractivity contribution in [3.05, 3.63) is 93.3 Å². The van der Waals surface area contributed by atoms with Crippen molar-refractivity contribution in [2.45, 2.75) is 20.4 Å². The molecule has 0 radical (unpaired) electrons. The van der Waals surface area contributed by atoms with E-state index in [1.807, 2.05) is 74.5 Å². The third-order valence-corrected chi connectivity index (χ3v) is 5.53. The molecule has 1 aliphatic heterocycles. The zero-order valence-electron chi connectivity index (χ0n) is 16.1. The second-order valence-corrected chi connectivity index (χ2v) is 7.92. The molecule has 0 saturated carbocycles. The monoisotopic (exact) mass is 449 g/mol. The molecule has 0 aliphatic carbocycles. The van der Waals surface area contributed by atoms with Crippen molar-refractivity contribution in [3.63, 3.8) is 0 Å². The summed E-state index contributed by atoms with van der Waals surface area (Å²) in [5.41, 5.74) is 5.19. The molecule has 1 aromatic heterocycles. The van der Waals surface area contributed by atoms with Gasteiger partial charge in [-0.05, 0) is 61.4 Å². The maximum atomic E-state index is 12.8. The number of amides is 3. The first kappa shape index (κ1) is 19.2. The summed E-state index contributed by atoms with van der Waals surface area (Å²) in [6, 6.07) is 19.2. The van der Waals surface area contributed by atoms with Crippen LogP contribution in [0.15, 0.2) is 70.8 Å². The average molecular weight is 450 g/mol. The standard InChI is InChI=1S/C23H20BrN3O2/c1-15-12-18(16(2)27(15)20-10-8-19(24)9-11-20)13-21-22(28)26(23(29)25-21)14-17-6-4-3-5-7-17/h3-13H,14H2,1-2H3,(H,25,29)/b21-13-. The van der Waals surface area contributed by atoms with Gasteiger partial charge in [0.1, 0.15) is 5.70 Å². The van der Waals surface area contributed by atoms with E-state index in [9.17, 15) is 9.59 Å². The van der Waals surface area contributed by atoms with Gasteiger partial charge < -0.3 is 9.88 Å². The number of aromatic nitrogens is 1. The molecule has 29 heavy (non-hydrogen) atoms. The fraction of sp³-hybridized carbons (Fsp3) is 0.130. The highest BCUT2D eigenvalue weighted by atomic mass is 79.9. The number of nitrogens with zero attached hydrogens (tertiary/aromatic N) is 2. The molecule has 1 fully saturated rings. The van der Waals surface area contributed by atoms with Crippen LogP contribution in [0.2, 0.25) is 0 Å².